The highest BCUT2D eigenvalue weighted by atomic mass is 79.9. The number of amides is 3. The zero-order valence-corrected chi connectivity index (χ0v) is 35.6. The number of esters is 4. The van der Waals surface area contributed by atoms with Crippen LogP contribution in [0.15, 0.2) is 93.9 Å². The molecule has 58 heavy (non-hydrogen) atoms. The molecule has 14 nitrogen and oxygen atoms in total. The molecule has 304 valence electrons. The van der Waals surface area contributed by atoms with Crippen LogP contribution < -0.4 is 16.0 Å². The number of rotatable bonds is 8. The maximum Gasteiger partial charge on any atom is 0.408 e. The predicted molar refractivity (Wildman–Crippen MR) is 220 cm³/mol. The number of methoxy groups -OCH3 is 2. The van der Waals surface area contributed by atoms with Gasteiger partial charge in [0.25, 0.3) is 11.8 Å². The summed E-state index contributed by atoms with van der Waals surface area (Å²) in [6.07, 6.45) is 0.0931. The molecule has 0 aromatic heterocycles. The van der Waals surface area contributed by atoms with E-state index < -0.39 is 47.5 Å². The maximum atomic E-state index is 12.7. The van der Waals surface area contributed by atoms with Gasteiger partial charge in [0.2, 0.25) is 0 Å². The van der Waals surface area contributed by atoms with Gasteiger partial charge in [-0.25, -0.2) is 24.1 Å². The molecular weight excluding hydrogens is 882 g/mol. The lowest BCUT2D eigenvalue weighted by Crippen LogP contribution is -2.45. The van der Waals surface area contributed by atoms with Gasteiger partial charge < -0.3 is 30.0 Å². The number of hydrogen-bond donors (Lipinski definition) is 2. The molecule has 2 atom stereocenters. The lowest BCUT2D eigenvalue weighted by molar-refractivity contribution is -0.145. The van der Waals surface area contributed by atoms with Crippen LogP contribution in [0.1, 0.15) is 80.3 Å². The second-order valence-electron chi connectivity index (χ2n) is 14.0. The van der Waals surface area contributed by atoms with Crippen molar-refractivity contribution >= 4 is 85.0 Å². The topological polar surface area (TPSA) is 198 Å². The van der Waals surface area contributed by atoms with Crippen LogP contribution in [0.25, 0.3) is 0 Å². The van der Waals surface area contributed by atoms with Crippen LogP contribution in [0.5, 0.6) is 0 Å². The fourth-order valence-electron chi connectivity index (χ4n) is 5.60. The minimum atomic E-state index is -0.961. The fourth-order valence-corrected chi connectivity index (χ4v) is 6.32. The van der Waals surface area contributed by atoms with Crippen LogP contribution >= 0.6 is 31.9 Å². The van der Waals surface area contributed by atoms with E-state index >= 15 is 0 Å². The minimum Gasteiger partial charge on any atom is -0.469 e. The molecule has 3 amide bonds. The van der Waals surface area contributed by atoms with E-state index in [1.165, 1.54) is 14.2 Å². The molecule has 2 aliphatic rings. The standard InChI is InChI=1S/C23H23BrN2O6.C11H15NO2.C8H3BrO3/c1-23(2,3)32-22(30)25-18(21(29)31-4)11-13-5-8-15(9-6-13)26-19(27)16-10-7-14(24)12-17(16)20(26)28;1-8(11(13)14-2)7-9-3-5-10(12)6-4-9;9-4-1-2-5-6(3-4)8(11)12-7(5)10/h5-10,12,18H,11H2,1-4H3,(H,25,30);3-6,8H,7,12H2,1-2H3;1-3H. The third-order valence-electron chi connectivity index (χ3n) is 8.39. The average molecular weight is 924 g/mol. The number of halogens is 2. The Morgan fingerprint density at radius 2 is 1.21 bits per heavy atom. The number of nitrogens with two attached hydrogens (primary N) is 1. The number of imide groups is 1. The third-order valence-corrected chi connectivity index (χ3v) is 9.38. The highest BCUT2D eigenvalue weighted by Gasteiger charge is 2.37. The Morgan fingerprint density at radius 3 is 1.78 bits per heavy atom. The number of benzene rings is 4. The SMILES string of the molecule is COC(=O)C(C)Cc1ccc(N)cc1.COC(=O)C(Cc1ccc(N2C(=O)c3ccc(Br)cc3C2=O)cc1)NC(=O)OC(C)(C)C.O=C1OC(=O)c2cc(Br)ccc21. The molecule has 0 aliphatic carbocycles. The maximum absolute atomic E-state index is 12.7. The Hall–Kier alpha value is -5.87. The van der Waals surface area contributed by atoms with Crippen molar-refractivity contribution in [1.29, 1.82) is 0 Å². The molecule has 0 radical (unpaired) electrons. The Balaban J connectivity index is 0.000000233. The Labute approximate surface area is 351 Å². The Kier molecular flexibility index (Phi) is 15.1. The lowest BCUT2D eigenvalue weighted by Gasteiger charge is -2.22. The molecule has 4 aromatic carbocycles. The molecular formula is C42H41Br2N3O11. The van der Waals surface area contributed by atoms with E-state index in [9.17, 15) is 33.6 Å². The number of carbonyl (C=O) groups is 7. The summed E-state index contributed by atoms with van der Waals surface area (Å²) in [6.45, 7) is 7.01. The first-order valence-electron chi connectivity index (χ1n) is 17.6. The van der Waals surface area contributed by atoms with Crippen LogP contribution in [-0.4, -0.2) is 67.6 Å². The van der Waals surface area contributed by atoms with Crippen molar-refractivity contribution in [3.63, 3.8) is 0 Å². The van der Waals surface area contributed by atoms with Crippen LogP contribution in [-0.2, 0) is 41.4 Å². The summed E-state index contributed by atoms with van der Waals surface area (Å²) in [5.41, 5.74) is 9.11. The molecule has 2 heterocycles. The van der Waals surface area contributed by atoms with Crippen LogP contribution in [0, 0.1) is 5.92 Å². The number of hydrogen-bond acceptors (Lipinski definition) is 12. The first-order chi connectivity index (χ1) is 27.3. The summed E-state index contributed by atoms with van der Waals surface area (Å²) in [5, 5.41) is 2.51. The largest absolute Gasteiger partial charge is 0.469 e. The monoisotopic (exact) mass is 921 g/mol. The predicted octanol–water partition coefficient (Wildman–Crippen LogP) is 7.24. The second-order valence-corrected chi connectivity index (χ2v) is 15.8. The smallest absolute Gasteiger partial charge is 0.408 e. The van der Waals surface area contributed by atoms with Crippen molar-refractivity contribution in [2.24, 2.45) is 5.92 Å². The summed E-state index contributed by atoms with van der Waals surface area (Å²) in [5.74, 6) is -2.85. The number of cyclic esters (lactones) is 2. The van der Waals surface area contributed by atoms with Gasteiger partial charge in [-0.1, -0.05) is 63.0 Å². The number of anilines is 2. The highest BCUT2D eigenvalue weighted by Crippen LogP contribution is 2.31. The van der Waals surface area contributed by atoms with E-state index in [2.05, 4.69) is 46.7 Å². The first kappa shape index (κ1) is 44.8. The van der Waals surface area contributed by atoms with E-state index in [4.69, 9.17) is 15.2 Å². The van der Waals surface area contributed by atoms with Gasteiger partial charge in [-0.15, -0.1) is 0 Å². The van der Waals surface area contributed by atoms with Gasteiger partial charge in [0.15, 0.2) is 0 Å². The Bertz CT molecular complexity index is 2220. The lowest BCUT2D eigenvalue weighted by atomic mass is 10.0. The average Bonchev–Trinajstić information content (AvgIpc) is 3.59. The number of ether oxygens (including phenoxy) is 4. The number of nitrogens with zero attached hydrogens (tertiary/aromatic N) is 1. The molecule has 0 fully saturated rings. The summed E-state index contributed by atoms with van der Waals surface area (Å²) in [4.78, 5) is 83.8. The first-order valence-corrected chi connectivity index (χ1v) is 19.2. The molecule has 2 aliphatic heterocycles. The molecule has 3 N–H and O–H groups in total. The molecule has 16 heteroatoms. The molecule has 2 unspecified atom stereocenters. The van der Waals surface area contributed by atoms with Gasteiger partial charge in [0.05, 0.1) is 48.1 Å². The summed E-state index contributed by atoms with van der Waals surface area (Å²) >= 11 is 6.51. The molecule has 0 saturated carbocycles. The van der Waals surface area contributed by atoms with E-state index in [0.717, 1.165) is 20.6 Å². The quantitative estimate of drug-likeness (QED) is 0.0592. The van der Waals surface area contributed by atoms with E-state index in [0.29, 0.717) is 44.4 Å². The molecule has 0 bridgehead atoms. The van der Waals surface area contributed by atoms with Crippen molar-refractivity contribution in [1.82, 2.24) is 5.32 Å². The number of nitrogen functional groups attached to an aromatic ring is 1. The summed E-state index contributed by atoms with van der Waals surface area (Å²) in [6, 6.07) is 22.9. The van der Waals surface area contributed by atoms with E-state index in [1.54, 1.807) is 81.4 Å². The summed E-state index contributed by atoms with van der Waals surface area (Å²) in [7, 11) is 2.64. The normalized spacial score (nSPS) is 13.7. The molecule has 4 aromatic rings. The van der Waals surface area contributed by atoms with Gasteiger partial charge in [0.1, 0.15) is 11.6 Å². The minimum absolute atomic E-state index is 0.108. The molecule has 6 rings (SSSR count). The number of fused-ring (bicyclic) bond motifs is 2. The number of alkyl carbamates (subject to hydrolysis) is 1. The van der Waals surface area contributed by atoms with Crippen LogP contribution in [0.3, 0.4) is 0 Å². The van der Waals surface area contributed by atoms with Crippen molar-refractivity contribution in [2.75, 3.05) is 24.9 Å². The Morgan fingerprint density at radius 1 is 0.707 bits per heavy atom. The van der Waals surface area contributed by atoms with Gasteiger partial charge in [0, 0.05) is 21.1 Å². The number of nitrogens with one attached hydrogen (secondary N) is 1. The third kappa shape index (κ3) is 11.8. The van der Waals surface area contributed by atoms with Crippen molar-refractivity contribution in [2.45, 2.75) is 52.2 Å². The van der Waals surface area contributed by atoms with Gasteiger partial charge in [-0.2, -0.15) is 0 Å². The summed E-state index contributed by atoms with van der Waals surface area (Å²) < 4.78 is 20.5. The van der Waals surface area contributed by atoms with Crippen molar-refractivity contribution in [3.8, 4) is 0 Å². The fraction of sp³-hybridized carbons (Fsp3) is 0.262. The number of carbonyl (C=O) groups excluding carboxylic acids is 7. The van der Waals surface area contributed by atoms with Crippen molar-refractivity contribution in [3.05, 3.63) is 127 Å². The zero-order chi connectivity index (χ0) is 42.9. The highest BCUT2D eigenvalue weighted by molar-refractivity contribution is 9.10. The van der Waals surface area contributed by atoms with Crippen LogP contribution in [0.2, 0.25) is 0 Å². The zero-order valence-electron chi connectivity index (χ0n) is 32.4. The van der Waals surface area contributed by atoms with Gasteiger partial charge >= 0.3 is 30.0 Å². The second kappa shape index (κ2) is 19.5. The molecule has 0 saturated heterocycles. The molecule has 0 spiro atoms. The van der Waals surface area contributed by atoms with E-state index in [-0.39, 0.29) is 18.3 Å². The van der Waals surface area contributed by atoms with Crippen molar-refractivity contribution < 1.29 is 52.5 Å². The van der Waals surface area contributed by atoms with Crippen LogP contribution in [0.4, 0.5) is 16.2 Å². The van der Waals surface area contributed by atoms with Gasteiger partial charge in [-0.3, -0.25) is 14.4 Å². The van der Waals surface area contributed by atoms with Gasteiger partial charge in [-0.05, 0) is 99.0 Å². The van der Waals surface area contributed by atoms with E-state index in [1.807, 2.05) is 31.2 Å².